The Labute approximate surface area is 160 Å². The van der Waals surface area contributed by atoms with Crippen molar-refractivity contribution < 1.29 is 46.1 Å². The zero-order valence-electron chi connectivity index (χ0n) is 14.7. The minimum Gasteiger partial charge on any atom is -0.488 e. The lowest BCUT2D eigenvalue weighted by Crippen LogP contribution is -2.11. The van der Waals surface area contributed by atoms with Gasteiger partial charge in [0.25, 0.3) is 0 Å². The molecular formula is C19H13F5O5. The predicted molar refractivity (Wildman–Crippen MR) is 87.5 cm³/mol. The number of aliphatic carboxylic acids is 1. The second-order valence-electron chi connectivity index (χ2n) is 6.93. The van der Waals surface area contributed by atoms with Crippen LogP contribution < -0.4 is 14.2 Å². The molecule has 0 radical (unpaired) electrons. The van der Waals surface area contributed by atoms with E-state index in [1.807, 2.05) is 0 Å². The third kappa shape index (κ3) is 3.12. The standard InChI is InChI=1S/C19H13F5O5/c1-18-10-4-3-9(7-12(10)28-15(18)14(18)16(25)26)27-11-5-2-8(19(22,23)24)6-13(11)29-17(20)21/h2-7,14-15,17H,1H3,(H,25,26). The molecule has 0 aromatic heterocycles. The van der Waals surface area contributed by atoms with Gasteiger partial charge in [0, 0.05) is 11.6 Å². The Morgan fingerprint density at radius 1 is 1.17 bits per heavy atom. The van der Waals surface area contributed by atoms with Crippen molar-refractivity contribution in [3.8, 4) is 23.0 Å². The summed E-state index contributed by atoms with van der Waals surface area (Å²) in [4.78, 5) is 11.3. The molecule has 2 aromatic carbocycles. The number of hydrogen-bond donors (Lipinski definition) is 1. The lowest BCUT2D eigenvalue weighted by atomic mass is 9.95. The highest BCUT2D eigenvalue weighted by atomic mass is 19.4. The molecule has 2 aliphatic rings. The van der Waals surface area contributed by atoms with Crippen LogP contribution in [0, 0.1) is 5.92 Å². The highest BCUT2D eigenvalue weighted by molar-refractivity contribution is 5.81. The van der Waals surface area contributed by atoms with Crippen LogP contribution in [0.25, 0.3) is 0 Å². The van der Waals surface area contributed by atoms with E-state index in [4.69, 9.17) is 9.47 Å². The van der Waals surface area contributed by atoms with Gasteiger partial charge in [0.15, 0.2) is 11.5 Å². The molecule has 1 fully saturated rings. The van der Waals surface area contributed by atoms with Gasteiger partial charge in [-0.25, -0.2) is 0 Å². The van der Waals surface area contributed by atoms with Gasteiger partial charge in [-0.15, -0.1) is 0 Å². The maximum absolute atomic E-state index is 12.8. The zero-order chi connectivity index (χ0) is 21.1. The van der Waals surface area contributed by atoms with Gasteiger partial charge in [0.1, 0.15) is 23.5 Å². The number of ether oxygens (including phenoxy) is 3. The van der Waals surface area contributed by atoms with Gasteiger partial charge >= 0.3 is 18.8 Å². The third-order valence-electron chi connectivity index (χ3n) is 5.20. The average Bonchev–Trinajstić information content (AvgIpc) is 3.09. The van der Waals surface area contributed by atoms with E-state index in [0.29, 0.717) is 23.4 Å². The Balaban J connectivity index is 1.62. The summed E-state index contributed by atoms with van der Waals surface area (Å²) < 4.78 is 79.0. The topological polar surface area (TPSA) is 65.0 Å². The summed E-state index contributed by atoms with van der Waals surface area (Å²) in [6.45, 7) is -1.59. The van der Waals surface area contributed by atoms with Gasteiger partial charge in [-0.05, 0) is 24.3 Å². The number of benzene rings is 2. The Morgan fingerprint density at radius 3 is 2.52 bits per heavy atom. The second kappa shape index (κ2) is 6.23. The molecule has 154 valence electrons. The largest absolute Gasteiger partial charge is 0.488 e. The summed E-state index contributed by atoms with van der Waals surface area (Å²) in [5.41, 5.74) is -1.16. The molecular weight excluding hydrogens is 403 g/mol. The van der Waals surface area contributed by atoms with Crippen LogP contribution >= 0.6 is 0 Å². The van der Waals surface area contributed by atoms with E-state index in [9.17, 15) is 31.9 Å². The molecule has 3 atom stereocenters. The molecule has 3 unspecified atom stereocenters. The molecule has 1 aliphatic carbocycles. The van der Waals surface area contributed by atoms with Crippen molar-refractivity contribution in [3.05, 3.63) is 47.5 Å². The number of alkyl halides is 5. The smallest absolute Gasteiger partial charge is 0.416 e. The van der Waals surface area contributed by atoms with E-state index in [1.54, 1.807) is 13.0 Å². The summed E-state index contributed by atoms with van der Waals surface area (Å²) in [6.07, 6.45) is -5.26. The molecule has 0 spiro atoms. The summed E-state index contributed by atoms with van der Waals surface area (Å²) in [5.74, 6) is -2.26. The van der Waals surface area contributed by atoms with Gasteiger partial charge in [0.2, 0.25) is 0 Å². The summed E-state index contributed by atoms with van der Waals surface area (Å²) in [7, 11) is 0. The van der Waals surface area contributed by atoms with Crippen LogP contribution in [-0.2, 0) is 16.4 Å². The average molecular weight is 416 g/mol. The number of carboxylic acids is 1. The molecule has 1 aliphatic heterocycles. The summed E-state index contributed by atoms with van der Waals surface area (Å²) in [5, 5.41) is 9.22. The fourth-order valence-corrected chi connectivity index (χ4v) is 3.70. The molecule has 1 heterocycles. The van der Waals surface area contributed by atoms with Crippen molar-refractivity contribution in [3.63, 3.8) is 0 Å². The monoisotopic (exact) mass is 416 g/mol. The highest BCUT2D eigenvalue weighted by Gasteiger charge is 2.72. The van der Waals surface area contributed by atoms with Crippen LogP contribution in [0.4, 0.5) is 22.0 Å². The van der Waals surface area contributed by atoms with Crippen LogP contribution in [0.15, 0.2) is 36.4 Å². The van der Waals surface area contributed by atoms with Crippen LogP contribution in [-0.4, -0.2) is 23.8 Å². The summed E-state index contributed by atoms with van der Waals surface area (Å²) in [6, 6.07) is 6.47. The van der Waals surface area contributed by atoms with Crippen molar-refractivity contribution in [1.82, 2.24) is 0 Å². The molecule has 0 saturated heterocycles. The number of rotatable bonds is 5. The number of carboxylic acid groups (broad SMARTS) is 1. The van der Waals surface area contributed by atoms with E-state index in [-0.39, 0.29) is 11.5 Å². The minimum absolute atomic E-state index is 0.111. The van der Waals surface area contributed by atoms with Gasteiger partial charge in [-0.2, -0.15) is 22.0 Å². The maximum Gasteiger partial charge on any atom is 0.416 e. The molecule has 5 nitrogen and oxygen atoms in total. The molecule has 10 heteroatoms. The van der Waals surface area contributed by atoms with Gasteiger partial charge < -0.3 is 19.3 Å². The normalized spacial score (nSPS) is 24.5. The number of halogens is 5. The molecule has 1 saturated carbocycles. The Hall–Kier alpha value is -3.04. The van der Waals surface area contributed by atoms with Crippen molar-refractivity contribution >= 4 is 5.97 Å². The van der Waals surface area contributed by atoms with Gasteiger partial charge in [0.05, 0.1) is 11.0 Å². The molecule has 4 rings (SSSR count). The predicted octanol–water partition coefficient (Wildman–Crippen LogP) is 4.83. The van der Waals surface area contributed by atoms with Crippen LogP contribution in [0.1, 0.15) is 18.1 Å². The summed E-state index contributed by atoms with van der Waals surface area (Å²) >= 11 is 0. The SMILES string of the molecule is CC12c3ccc(Oc4ccc(C(F)(F)F)cc4OC(F)F)cc3OC1C2C(=O)O. The molecule has 0 bridgehead atoms. The van der Waals surface area contributed by atoms with Crippen molar-refractivity contribution in [2.45, 2.75) is 31.2 Å². The first kappa shape index (κ1) is 19.3. The number of fused-ring (bicyclic) bond motifs is 3. The molecule has 29 heavy (non-hydrogen) atoms. The zero-order valence-corrected chi connectivity index (χ0v) is 14.7. The van der Waals surface area contributed by atoms with Crippen molar-refractivity contribution in [1.29, 1.82) is 0 Å². The van der Waals surface area contributed by atoms with Crippen LogP contribution in [0.2, 0.25) is 0 Å². The van der Waals surface area contributed by atoms with E-state index in [1.165, 1.54) is 12.1 Å². The van der Waals surface area contributed by atoms with Crippen molar-refractivity contribution in [2.75, 3.05) is 0 Å². The minimum atomic E-state index is -4.74. The van der Waals surface area contributed by atoms with Gasteiger partial charge in [-0.3, -0.25) is 4.79 Å². The Bertz CT molecular complexity index is 989. The lowest BCUT2D eigenvalue weighted by molar-refractivity contribution is -0.140. The fourth-order valence-electron chi connectivity index (χ4n) is 3.70. The fraction of sp³-hybridized carbons (Fsp3) is 0.316. The van der Waals surface area contributed by atoms with Crippen LogP contribution in [0.3, 0.4) is 0 Å². The third-order valence-corrected chi connectivity index (χ3v) is 5.20. The van der Waals surface area contributed by atoms with Crippen LogP contribution in [0.5, 0.6) is 23.0 Å². The molecule has 1 N–H and O–H groups in total. The second-order valence-corrected chi connectivity index (χ2v) is 6.93. The highest BCUT2D eigenvalue weighted by Crippen LogP contribution is 2.63. The van der Waals surface area contributed by atoms with E-state index < -0.39 is 47.5 Å². The Morgan fingerprint density at radius 2 is 1.90 bits per heavy atom. The van der Waals surface area contributed by atoms with E-state index in [2.05, 4.69) is 4.74 Å². The number of hydrogen-bond acceptors (Lipinski definition) is 4. The number of carbonyl (C=O) groups is 1. The molecule has 2 aromatic rings. The quantitative estimate of drug-likeness (QED) is 0.708. The van der Waals surface area contributed by atoms with E-state index >= 15 is 0 Å². The first-order valence-corrected chi connectivity index (χ1v) is 8.39. The first-order chi connectivity index (χ1) is 13.5. The van der Waals surface area contributed by atoms with Crippen molar-refractivity contribution in [2.24, 2.45) is 5.92 Å². The van der Waals surface area contributed by atoms with Gasteiger partial charge in [-0.1, -0.05) is 13.0 Å². The maximum atomic E-state index is 12.8. The van der Waals surface area contributed by atoms with E-state index in [0.717, 1.165) is 6.07 Å². The Kier molecular flexibility index (Phi) is 4.14. The first-order valence-electron chi connectivity index (χ1n) is 8.39. The lowest BCUT2D eigenvalue weighted by Gasteiger charge is -2.16. The molecule has 0 amide bonds.